The highest BCUT2D eigenvalue weighted by atomic mass is 35.5. The molecule has 1 aliphatic rings. The van der Waals surface area contributed by atoms with Crippen LogP contribution in [-0.2, 0) is 16.2 Å². The van der Waals surface area contributed by atoms with Gasteiger partial charge in [0.15, 0.2) is 0 Å². The van der Waals surface area contributed by atoms with E-state index in [1.165, 1.54) is 15.9 Å². The van der Waals surface area contributed by atoms with Crippen molar-refractivity contribution in [2.24, 2.45) is 4.99 Å². The van der Waals surface area contributed by atoms with Gasteiger partial charge >= 0.3 is 0 Å². The lowest BCUT2D eigenvalue weighted by Crippen LogP contribution is -2.30. The lowest BCUT2D eigenvalue weighted by Gasteiger charge is -2.29. The topological polar surface area (TPSA) is 48.6 Å². The standard InChI is InChI=1S/C34H35ClN3O2PSi/c1-42(2,3)22-21-39-25-38-20-19-29-32(35)30(23-36-33(29)38)34-37-31(24-40-34)41(26-13-7-4-8-14-26,27-15-9-5-10-16-27)28-17-11-6-12-18-28/h4-20,23H,21-22,24-25H2,1-3H3. The predicted molar refractivity (Wildman–Crippen MR) is 181 cm³/mol. The molecule has 6 rings (SSSR count). The van der Waals surface area contributed by atoms with E-state index in [1.807, 2.05) is 16.8 Å². The van der Waals surface area contributed by atoms with Crippen molar-refractivity contribution in [3.05, 3.63) is 120 Å². The summed E-state index contributed by atoms with van der Waals surface area (Å²) in [6.07, 6.45) is 3.76. The lowest BCUT2D eigenvalue weighted by molar-refractivity contribution is 0.0899. The first-order valence-corrected chi connectivity index (χ1v) is 20.1. The van der Waals surface area contributed by atoms with E-state index in [1.54, 1.807) is 6.20 Å². The Morgan fingerprint density at radius 1 is 0.857 bits per heavy atom. The summed E-state index contributed by atoms with van der Waals surface area (Å²) in [6, 6.07) is 35.2. The van der Waals surface area contributed by atoms with Crippen molar-refractivity contribution >= 4 is 64.8 Å². The third-order valence-corrected chi connectivity index (χ3v) is 13.9. The Kier molecular flexibility index (Phi) is 8.24. The fourth-order valence-corrected chi connectivity index (χ4v) is 10.6. The van der Waals surface area contributed by atoms with Gasteiger partial charge in [0.25, 0.3) is 0 Å². The summed E-state index contributed by atoms with van der Waals surface area (Å²) in [5.41, 5.74) is 2.49. The summed E-state index contributed by atoms with van der Waals surface area (Å²) in [6.45, 7) is 6.31. The molecule has 0 atom stereocenters. The molecule has 8 heteroatoms. The highest BCUT2D eigenvalue weighted by molar-refractivity contribution is 7.95. The van der Waals surface area contributed by atoms with Crippen molar-refractivity contribution in [3.8, 4) is 0 Å². The van der Waals surface area contributed by atoms with Crippen LogP contribution in [0.2, 0.25) is 30.7 Å². The number of ether oxygens (including phenoxy) is 2. The molecule has 0 saturated carbocycles. The Morgan fingerprint density at radius 2 is 1.43 bits per heavy atom. The lowest BCUT2D eigenvalue weighted by atomic mass is 10.2. The van der Waals surface area contributed by atoms with Crippen LogP contribution in [0.25, 0.3) is 11.0 Å². The number of hydrogen-bond donors (Lipinski definition) is 0. The van der Waals surface area contributed by atoms with Gasteiger partial charge in [-0.05, 0) is 28.0 Å². The molecule has 3 heterocycles. The quantitative estimate of drug-likeness (QED) is 0.103. The van der Waals surface area contributed by atoms with E-state index in [0.29, 0.717) is 29.8 Å². The zero-order chi connectivity index (χ0) is 29.2. The van der Waals surface area contributed by atoms with Crippen LogP contribution in [0.1, 0.15) is 5.56 Å². The van der Waals surface area contributed by atoms with Gasteiger partial charge in [-0.2, -0.15) is 0 Å². The first-order chi connectivity index (χ1) is 20.4. The molecule has 42 heavy (non-hydrogen) atoms. The van der Waals surface area contributed by atoms with Crippen molar-refractivity contribution in [3.63, 3.8) is 0 Å². The van der Waals surface area contributed by atoms with Gasteiger partial charge in [-0.15, -0.1) is 0 Å². The van der Waals surface area contributed by atoms with Crippen LogP contribution in [0.15, 0.2) is 114 Å². The number of rotatable bonds is 9. The number of pyridine rings is 1. The highest BCUT2D eigenvalue weighted by Crippen LogP contribution is 2.47. The molecule has 0 bridgehead atoms. The first-order valence-electron chi connectivity index (χ1n) is 14.2. The van der Waals surface area contributed by atoms with Gasteiger partial charge in [-0.25, -0.2) is 9.98 Å². The smallest absolute Gasteiger partial charge is 0.224 e. The van der Waals surface area contributed by atoms with Gasteiger partial charge < -0.3 is 14.0 Å². The van der Waals surface area contributed by atoms with Gasteiger partial charge in [-0.1, -0.05) is 122 Å². The molecule has 5 aromatic rings. The molecule has 0 aliphatic carbocycles. The predicted octanol–water partition coefficient (Wildman–Crippen LogP) is 6.90. The van der Waals surface area contributed by atoms with E-state index in [4.69, 9.17) is 31.1 Å². The van der Waals surface area contributed by atoms with E-state index < -0.39 is 15.0 Å². The summed E-state index contributed by atoms with van der Waals surface area (Å²) in [5.74, 6) is 0.510. The summed E-state index contributed by atoms with van der Waals surface area (Å²) in [7, 11) is -1.15. The largest absolute Gasteiger partial charge is 0.471 e. The third kappa shape index (κ3) is 5.52. The van der Waals surface area contributed by atoms with Crippen LogP contribution in [0.5, 0.6) is 0 Å². The summed E-state index contributed by atoms with van der Waals surface area (Å²) in [4.78, 5) is 10.0. The number of benzene rings is 3. The van der Waals surface area contributed by atoms with E-state index in [2.05, 4.69) is 111 Å². The third-order valence-electron chi connectivity index (χ3n) is 7.57. The van der Waals surface area contributed by atoms with Gasteiger partial charge in [0.2, 0.25) is 5.90 Å². The Labute approximate surface area is 253 Å². The van der Waals surface area contributed by atoms with Gasteiger partial charge in [0.05, 0.1) is 16.0 Å². The highest BCUT2D eigenvalue weighted by Gasteiger charge is 2.33. The molecular formula is C34H35ClN3O2PSi. The number of nitrogens with zero attached hydrogens (tertiary/aromatic N) is 3. The number of aliphatic imine (C=N–C) groups is 1. The number of aromatic nitrogens is 2. The summed E-state index contributed by atoms with van der Waals surface area (Å²) in [5, 5.41) is 5.15. The maximum absolute atomic E-state index is 7.02. The van der Waals surface area contributed by atoms with Crippen LogP contribution in [0, 0.1) is 0 Å². The molecule has 1 aliphatic heterocycles. The zero-order valence-corrected chi connectivity index (χ0v) is 26.9. The summed E-state index contributed by atoms with van der Waals surface area (Å²) >= 11 is 7.02. The monoisotopic (exact) mass is 611 g/mol. The SMILES string of the molecule is C[Si](C)(C)CCOCn1ccc2c(Cl)c(C3=NC(=P(c4ccccc4)(c4ccccc4)c4ccccc4)CO3)cnc21. The molecule has 0 radical (unpaired) electrons. The Morgan fingerprint density at radius 3 is 1.98 bits per heavy atom. The minimum Gasteiger partial charge on any atom is -0.471 e. The fraction of sp³-hybridized carbons (Fsp3) is 0.206. The van der Waals surface area contributed by atoms with Crippen LogP contribution in [0.3, 0.4) is 0 Å². The van der Waals surface area contributed by atoms with E-state index in [-0.39, 0.29) is 0 Å². The number of halogens is 1. The zero-order valence-electron chi connectivity index (χ0n) is 24.2. The molecule has 214 valence electrons. The Hall–Kier alpha value is -3.41. The van der Waals surface area contributed by atoms with Crippen LogP contribution in [0.4, 0.5) is 0 Å². The van der Waals surface area contributed by atoms with Crippen LogP contribution >= 0.6 is 18.5 Å². The second-order valence-electron chi connectivity index (χ2n) is 11.7. The molecule has 3 aromatic carbocycles. The second kappa shape index (κ2) is 12.1. The first kappa shape index (κ1) is 28.7. The van der Waals surface area contributed by atoms with Gasteiger partial charge in [0.1, 0.15) is 19.0 Å². The van der Waals surface area contributed by atoms with Crippen molar-refractivity contribution in [1.82, 2.24) is 9.55 Å². The Bertz CT molecular complexity index is 1680. The molecule has 0 fully saturated rings. The van der Waals surface area contributed by atoms with Crippen molar-refractivity contribution in [2.45, 2.75) is 32.4 Å². The average molecular weight is 612 g/mol. The molecule has 0 amide bonds. The molecular weight excluding hydrogens is 577 g/mol. The molecule has 0 saturated heterocycles. The van der Waals surface area contributed by atoms with Gasteiger partial charge in [0, 0.05) is 39.3 Å². The van der Waals surface area contributed by atoms with E-state index in [0.717, 1.165) is 29.1 Å². The minimum absolute atomic E-state index is 0.377. The average Bonchev–Trinajstić information content (AvgIpc) is 3.66. The minimum atomic E-state index is -2.32. The second-order valence-corrected chi connectivity index (χ2v) is 21.1. The van der Waals surface area contributed by atoms with Crippen molar-refractivity contribution in [1.29, 1.82) is 0 Å². The molecule has 2 aromatic heterocycles. The maximum atomic E-state index is 7.02. The molecule has 5 nitrogen and oxygen atoms in total. The molecule has 0 spiro atoms. The van der Waals surface area contributed by atoms with E-state index >= 15 is 0 Å². The number of fused-ring (bicyclic) bond motifs is 1. The summed E-state index contributed by atoms with van der Waals surface area (Å²) < 4.78 is 14.3. The molecule has 0 N–H and O–H groups in total. The van der Waals surface area contributed by atoms with E-state index in [9.17, 15) is 0 Å². The number of hydrogen-bond acceptors (Lipinski definition) is 3. The molecule has 0 unspecified atom stereocenters. The normalized spacial score (nSPS) is 13.8. The van der Waals surface area contributed by atoms with Crippen molar-refractivity contribution in [2.75, 3.05) is 13.2 Å². The van der Waals surface area contributed by atoms with Gasteiger partial charge in [-0.3, -0.25) is 0 Å². The van der Waals surface area contributed by atoms with Crippen LogP contribution in [-0.4, -0.2) is 42.2 Å². The maximum Gasteiger partial charge on any atom is 0.224 e. The van der Waals surface area contributed by atoms with Crippen LogP contribution < -0.4 is 15.9 Å². The van der Waals surface area contributed by atoms with Crippen molar-refractivity contribution < 1.29 is 9.47 Å². The fourth-order valence-electron chi connectivity index (χ4n) is 5.37. The Balaban J connectivity index is 1.45.